The van der Waals surface area contributed by atoms with E-state index in [0.29, 0.717) is 0 Å². The lowest BCUT2D eigenvalue weighted by Gasteiger charge is -2.20. The zero-order valence-corrected chi connectivity index (χ0v) is 17.4. The predicted octanol–water partition coefficient (Wildman–Crippen LogP) is 2.22. The molecule has 2 N–H and O–H groups in total. The molecule has 2 aromatic carbocycles. The molecule has 166 valence electrons. The normalized spacial score (nSPS) is 12.3. The van der Waals surface area contributed by atoms with Gasteiger partial charge in [-0.05, 0) is 30.2 Å². The number of rotatable bonds is 9. The van der Waals surface area contributed by atoms with Gasteiger partial charge in [0, 0.05) is 11.8 Å². The highest BCUT2D eigenvalue weighted by Crippen LogP contribution is 2.21. The van der Waals surface area contributed by atoms with E-state index in [4.69, 9.17) is 4.74 Å². The molecule has 0 spiro atoms. The summed E-state index contributed by atoms with van der Waals surface area (Å²) in [5, 5.41) is 13.0. The summed E-state index contributed by atoms with van der Waals surface area (Å²) < 4.78 is 45.4. The molecule has 1 amide bonds. The molecule has 0 unspecified atom stereocenters. The van der Waals surface area contributed by atoms with Gasteiger partial charge >= 0.3 is 11.7 Å². The van der Waals surface area contributed by atoms with Gasteiger partial charge in [0.15, 0.2) is 6.61 Å². The van der Waals surface area contributed by atoms with Gasteiger partial charge in [0.05, 0.1) is 9.82 Å². The number of nitro groups is 1. The standard InChI is InChI=1S/C19H20FN3O7S/c1-12(2)18(22-31(28,29)14-6-4-3-5-7-14)19(25)30-11-17(24)21-13-8-9-15(20)16(10-13)23(26)27/h3-10,12,18,22H,11H2,1-2H3,(H,21,24)/t18-/m0/s1. The van der Waals surface area contributed by atoms with Crippen LogP contribution in [0.25, 0.3) is 0 Å². The van der Waals surface area contributed by atoms with Crippen molar-refractivity contribution < 1.29 is 32.1 Å². The van der Waals surface area contributed by atoms with Crippen molar-refractivity contribution in [2.45, 2.75) is 24.8 Å². The van der Waals surface area contributed by atoms with Crippen molar-refractivity contribution in [3.05, 3.63) is 64.5 Å². The van der Waals surface area contributed by atoms with Crippen molar-refractivity contribution >= 4 is 33.3 Å². The third-order valence-corrected chi connectivity index (χ3v) is 5.49. The van der Waals surface area contributed by atoms with Crippen molar-refractivity contribution in [1.82, 2.24) is 4.72 Å². The van der Waals surface area contributed by atoms with E-state index < -0.39 is 56.9 Å². The molecule has 0 aromatic heterocycles. The fraction of sp³-hybridized carbons (Fsp3) is 0.263. The van der Waals surface area contributed by atoms with E-state index >= 15 is 0 Å². The highest BCUT2D eigenvalue weighted by atomic mass is 32.2. The summed E-state index contributed by atoms with van der Waals surface area (Å²) in [4.78, 5) is 34.1. The van der Waals surface area contributed by atoms with Gasteiger partial charge in [0.1, 0.15) is 6.04 Å². The van der Waals surface area contributed by atoms with Crippen LogP contribution in [0.5, 0.6) is 0 Å². The Labute approximate surface area is 177 Å². The van der Waals surface area contributed by atoms with Gasteiger partial charge in [-0.25, -0.2) is 8.42 Å². The maximum Gasteiger partial charge on any atom is 0.324 e. The molecule has 12 heteroatoms. The number of sulfonamides is 1. The highest BCUT2D eigenvalue weighted by Gasteiger charge is 2.30. The number of esters is 1. The Morgan fingerprint density at radius 1 is 1.16 bits per heavy atom. The van der Waals surface area contributed by atoms with Crippen LogP contribution in [0, 0.1) is 21.8 Å². The number of nitro benzene ring substituents is 1. The Kier molecular flexibility index (Phi) is 7.78. The lowest BCUT2D eigenvalue weighted by molar-refractivity contribution is -0.387. The van der Waals surface area contributed by atoms with Crippen LogP contribution in [0.3, 0.4) is 0 Å². The fourth-order valence-corrected chi connectivity index (χ4v) is 3.80. The van der Waals surface area contributed by atoms with Gasteiger partial charge in [0.25, 0.3) is 5.91 Å². The Bertz CT molecular complexity index is 1080. The van der Waals surface area contributed by atoms with E-state index in [0.717, 1.165) is 18.2 Å². The monoisotopic (exact) mass is 453 g/mol. The average molecular weight is 453 g/mol. The highest BCUT2D eigenvalue weighted by molar-refractivity contribution is 7.89. The number of ether oxygens (including phenoxy) is 1. The average Bonchev–Trinajstić information content (AvgIpc) is 2.72. The summed E-state index contributed by atoms with van der Waals surface area (Å²) in [6.07, 6.45) is 0. The van der Waals surface area contributed by atoms with Crippen LogP contribution in [0.1, 0.15) is 13.8 Å². The van der Waals surface area contributed by atoms with Crippen LogP contribution in [0.15, 0.2) is 53.4 Å². The summed E-state index contributed by atoms with van der Waals surface area (Å²) in [6, 6.07) is 8.90. The number of nitrogens with zero attached hydrogens (tertiary/aromatic N) is 1. The molecule has 1 atom stereocenters. The summed E-state index contributed by atoms with van der Waals surface area (Å²) in [7, 11) is -4.00. The third-order valence-electron chi connectivity index (χ3n) is 4.03. The molecule has 0 aliphatic rings. The van der Waals surface area contributed by atoms with Crippen LogP contribution < -0.4 is 10.0 Å². The van der Waals surface area contributed by atoms with Crippen LogP contribution >= 0.6 is 0 Å². The van der Waals surface area contributed by atoms with Gasteiger partial charge in [-0.2, -0.15) is 9.11 Å². The smallest absolute Gasteiger partial charge is 0.324 e. The Balaban J connectivity index is 2.01. The molecule has 10 nitrogen and oxygen atoms in total. The lowest BCUT2D eigenvalue weighted by atomic mass is 10.1. The molecule has 0 bridgehead atoms. The van der Waals surface area contributed by atoms with Crippen molar-refractivity contribution in [3.63, 3.8) is 0 Å². The van der Waals surface area contributed by atoms with E-state index in [2.05, 4.69) is 10.0 Å². The molecule has 0 aliphatic heterocycles. The SMILES string of the molecule is CC(C)[C@H](NS(=O)(=O)c1ccccc1)C(=O)OCC(=O)Nc1ccc(F)c([N+](=O)[O-])c1. The number of carbonyl (C=O) groups is 2. The van der Waals surface area contributed by atoms with Crippen molar-refractivity contribution in [2.75, 3.05) is 11.9 Å². The molecule has 31 heavy (non-hydrogen) atoms. The molecule has 0 saturated carbocycles. The molecule has 2 rings (SSSR count). The topological polar surface area (TPSA) is 145 Å². The summed E-state index contributed by atoms with van der Waals surface area (Å²) in [5.41, 5.74) is -0.899. The number of halogens is 1. The maximum absolute atomic E-state index is 13.4. The van der Waals surface area contributed by atoms with Crippen LogP contribution in [-0.4, -0.2) is 37.9 Å². The molecular weight excluding hydrogens is 433 g/mol. The number of benzene rings is 2. The van der Waals surface area contributed by atoms with Crippen LogP contribution in [-0.2, 0) is 24.3 Å². The number of nitrogens with one attached hydrogen (secondary N) is 2. The molecule has 0 heterocycles. The van der Waals surface area contributed by atoms with E-state index in [-0.39, 0.29) is 10.6 Å². The van der Waals surface area contributed by atoms with Crippen molar-refractivity contribution in [3.8, 4) is 0 Å². The Morgan fingerprint density at radius 2 is 1.81 bits per heavy atom. The number of anilines is 1. The van der Waals surface area contributed by atoms with Crippen LogP contribution in [0.2, 0.25) is 0 Å². The molecule has 0 radical (unpaired) electrons. The first-order chi connectivity index (χ1) is 14.5. The maximum atomic E-state index is 13.4. The first-order valence-electron chi connectivity index (χ1n) is 8.99. The molecule has 0 aliphatic carbocycles. The van der Waals surface area contributed by atoms with Crippen molar-refractivity contribution in [1.29, 1.82) is 0 Å². The number of hydrogen-bond acceptors (Lipinski definition) is 7. The first kappa shape index (κ1) is 23.9. The van der Waals surface area contributed by atoms with Gasteiger partial charge in [0.2, 0.25) is 15.8 Å². The van der Waals surface area contributed by atoms with Gasteiger partial charge < -0.3 is 10.1 Å². The summed E-state index contributed by atoms with van der Waals surface area (Å²) in [6.45, 7) is 2.41. The van der Waals surface area contributed by atoms with Gasteiger partial charge in [-0.15, -0.1) is 0 Å². The number of hydrogen-bond donors (Lipinski definition) is 2. The second kappa shape index (κ2) is 10.1. The second-order valence-electron chi connectivity index (χ2n) is 6.74. The minimum absolute atomic E-state index is 0.0379. The van der Waals surface area contributed by atoms with E-state index in [9.17, 15) is 32.5 Å². The molecule has 2 aromatic rings. The van der Waals surface area contributed by atoms with Gasteiger partial charge in [-0.3, -0.25) is 19.7 Å². The lowest BCUT2D eigenvalue weighted by Crippen LogP contribution is -2.45. The van der Waals surface area contributed by atoms with E-state index in [1.807, 2.05) is 0 Å². The largest absolute Gasteiger partial charge is 0.454 e. The first-order valence-corrected chi connectivity index (χ1v) is 10.5. The summed E-state index contributed by atoms with van der Waals surface area (Å²) in [5.74, 6) is -3.38. The minimum atomic E-state index is -4.00. The summed E-state index contributed by atoms with van der Waals surface area (Å²) >= 11 is 0. The zero-order chi connectivity index (χ0) is 23.2. The second-order valence-corrected chi connectivity index (χ2v) is 8.45. The van der Waals surface area contributed by atoms with Crippen LogP contribution in [0.4, 0.5) is 15.8 Å². The Morgan fingerprint density at radius 3 is 2.39 bits per heavy atom. The minimum Gasteiger partial charge on any atom is -0.454 e. The zero-order valence-electron chi connectivity index (χ0n) is 16.6. The van der Waals surface area contributed by atoms with Gasteiger partial charge in [-0.1, -0.05) is 32.0 Å². The number of carbonyl (C=O) groups excluding carboxylic acids is 2. The molecular formula is C19H20FN3O7S. The molecule has 0 saturated heterocycles. The molecule has 0 fully saturated rings. The Hall–Kier alpha value is -3.38. The fourth-order valence-electron chi connectivity index (χ4n) is 2.45. The predicted molar refractivity (Wildman–Crippen MR) is 108 cm³/mol. The third kappa shape index (κ3) is 6.55. The van der Waals surface area contributed by atoms with Crippen molar-refractivity contribution in [2.24, 2.45) is 5.92 Å². The van der Waals surface area contributed by atoms with E-state index in [1.165, 1.54) is 24.3 Å². The van der Waals surface area contributed by atoms with E-state index in [1.54, 1.807) is 19.9 Å². The number of amides is 1. The quantitative estimate of drug-likeness (QED) is 0.336.